The molecule has 29 heavy (non-hydrogen) atoms. The Morgan fingerprint density at radius 3 is 2.45 bits per heavy atom. The van der Waals surface area contributed by atoms with Crippen LogP contribution in [-0.4, -0.2) is 60.3 Å². The second-order valence-corrected chi connectivity index (χ2v) is 7.56. The highest BCUT2D eigenvalue weighted by Gasteiger charge is 2.43. The van der Waals surface area contributed by atoms with Crippen LogP contribution in [0.4, 0.5) is 19.0 Å². The molecule has 12 heteroatoms. The van der Waals surface area contributed by atoms with Crippen molar-refractivity contribution in [1.29, 1.82) is 0 Å². The number of halogens is 3. The van der Waals surface area contributed by atoms with Crippen molar-refractivity contribution >= 4 is 17.0 Å². The van der Waals surface area contributed by atoms with Crippen LogP contribution in [0.25, 0.3) is 11.2 Å². The van der Waals surface area contributed by atoms with Gasteiger partial charge in [0.15, 0.2) is 23.2 Å². The number of imidazole rings is 1. The molecule has 160 valence electrons. The first-order valence-electron chi connectivity index (χ1n) is 9.40. The lowest BCUT2D eigenvalue weighted by atomic mass is 9.87. The van der Waals surface area contributed by atoms with Crippen LogP contribution in [0, 0.1) is 5.92 Å². The second-order valence-electron chi connectivity index (χ2n) is 7.56. The lowest BCUT2D eigenvalue weighted by Gasteiger charge is -2.29. The Labute approximate surface area is 163 Å². The average molecular weight is 417 g/mol. The van der Waals surface area contributed by atoms with Gasteiger partial charge in [-0.25, -0.2) is 4.98 Å². The van der Waals surface area contributed by atoms with Crippen molar-refractivity contribution in [1.82, 2.24) is 19.5 Å². The van der Waals surface area contributed by atoms with E-state index in [1.165, 1.54) is 10.9 Å². The Balaban J connectivity index is 1.55. The highest BCUT2D eigenvalue weighted by molar-refractivity contribution is 5.82. The van der Waals surface area contributed by atoms with E-state index in [0.29, 0.717) is 0 Å². The maximum absolute atomic E-state index is 12.8. The van der Waals surface area contributed by atoms with Crippen molar-refractivity contribution in [2.24, 2.45) is 5.92 Å². The number of fused-ring (bicyclic) bond motifs is 1. The van der Waals surface area contributed by atoms with Crippen LogP contribution in [0.5, 0.6) is 6.01 Å². The van der Waals surface area contributed by atoms with Gasteiger partial charge in [0.25, 0.3) is 0 Å². The highest BCUT2D eigenvalue weighted by Crippen LogP contribution is 2.38. The summed E-state index contributed by atoms with van der Waals surface area (Å²) in [7, 11) is 0. The zero-order valence-corrected chi connectivity index (χ0v) is 15.6. The number of nitrogen functional groups attached to an aromatic ring is 1. The predicted octanol–water partition coefficient (Wildman–Crippen LogP) is 1.55. The Morgan fingerprint density at radius 1 is 1.17 bits per heavy atom. The van der Waals surface area contributed by atoms with Crippen LogP contribution < -0.4 is 10.5 Å². The van der Waals surface area contributed by atoms with Gasteiger partial charge >= 0.3 is 12.2 Å². The molecule has 1 aliphatic heterocycles. The number of nitrogens with two attached hydrogens (primary N) is 1. The third-order valence-electron chi connectivity index (χ3n) is 5.59. The van der Waals surface area contributed by atoms with Gasteiger partial charge in [0.2, 0.25) is 0 Å². The van der Waals surface area contributed by atoms with Crippen molar-refractivity contribution in [3.05, 3.63) is 6.33 Å². The summed E-state index contributed by atoms with van der Waals surface area (Å²) in [6.45, 7) is 1.63. The van der Waals surface area contributed by atoms with E-state index in [0.717, 1.165) is 0 Å². The van der Waals surface area contributed by atoms with Gasteiger partial charge < -0.3 is 25.4 Å². The maximum atomic E-state index is 12.8. The van der Waals surface area contributed by atoms with Crippen molar-refractivity contribution in [3.8, 4) is 6.01 Å². The second kappa shape index (κ2) is 7.26. The molecule has 4 rings (SSSR count). The number of aliphatic hydroxyl groups is 2. The first-order valence-corrected chi connectivity index (χ1v) is 9.40. The minimum atomic E-state index is -4.19. The molecule has 0 unspecified atom stereocenters. The van der Waals surface area contributed by atoms with Crippen molar-refractivity contribution < 1.29 is 32.9 Å². The van der Waals surface area contributed by atoms with Gasteiger partial charge in [-0.05, 0) is 32.6 Å². The van der Waals surface area contributed by atoms with E-state index >= 15 is 0 Å². The lowest BCUT2D eigenvalue weighted by molar-refractivity contribution is -0.185. The first kappa shape index (κ1) is 20.1. The number of aromatic nitrogens is 4. The monoisotopic (exact) mass is 417 g/mol. The topological polar surface area (TPSA) is 129 Å². The number of anilines is 1. The Bertz CT molecular complexity index is 884. The van der Waals surface area contributed by atoms with E-state index in [-0.39, 0.29) is 48.7 Å². The molecule has 0 spiro atoms. The molecule has 2 aromatic heterocycles. The van der Waals surface area contributed by atoms with Crippen LogP contribution in [-0.2, 0) is 4.74 Å². The van der Waals surface area contributed by atoms with Crippen molar-refractivity contribution in [2.45, 2.75) is 69.4 Å². The zero-order valence-electron chi connectivity index (χ0n) is 15.6. The van der Waals surface area contributed by atoms with Crippen molar-refractivity contribution in [2.75, 3.05) is 5.73 Å². The molecule has 2 aliphatic rings. The van der Waals surface area contributed by atoms with Crippen LogP contribution in [0.3, 0.4) is 0 Å². The van der Waals surface area contributed by atoms with Gasteiger partial charge in [0.1, 0.15) is 18.3 Å². The Morgan fingerprint density at radius 2 is 1.86 bits per heavy atom. The molecular formula is C17H22F3N5O4. The SMILES string of the molecule is C[C@H]1O[C@@H](n2cnc3c(N)nc(OC4CCC(C(F)(F)F)CC4)nc32)[C@H](O)[C@@H]1O. The number of ether oxygens (including phenoxy) is 2. The molecule has 2 aromatic rings. The van der Waals surface area contributed by atoms with E-state index in [4.69, 9.17) is 15.2 Å². The summed E-state index contributed by atoms with van der Waals surface area (Å²) in [5, 5.41) is 20.2. The van der Waals surface area contributed by atoms with E-state index in [2.05, 4.69) is 15.0 Å². The Kier molecular flexibility index (Phi) is 5.03. The fourth-order valence-electron chi connectivity index (χ4n) is 3.87. The van der Waals surface area contributed by atoms with Crippen LogP contribution in [0.1, 0.15) is 38.8 Å². The quantitative estimate of drug-likeness (QED) is 0.686. The smallest absolute Gasteiger partial charge is 0.391 e. The van der Waals surface area contributed by atoms with Gasteiger partial charge in [-0.3, -0.25) is 4.57 Å². The Hall–Kier alpha value is -2.18. The molecule has 4 atom stereocenters. The van der Waals surface area contributed by atoms with Gasteiger partial charge in [0.05, 0.1) is 18.3 Å². The summed E-state index contributed by atoms with van der Waals surface area (Å²) >= 11 is 0. The number of hydrogen-bond donors (Lipinski definition) is 3. The molecular weight excluding hydrogens is 395 g/mol. The molecule has 0 aromatic carbocycles. The molecule has 0 amide bonds. The van der Waals surface area contributed by atoms with Crippen LogP contribution >= 0.6 is 0 Å². The minimum absolute atomic E-state index is 0.0122. The summed E-state index contributed by atoms with van der Waals surface area (Å²) in [5.74, 6) is -1.28. The molecule has 0 bridgehead atoms. The molecule has 3 heterocycles. The summed E-state index contributed by atoms with van der Waals surface area (Å²) in [6, 6.07) is -0.0757. The number of aliphatic hydroxyl groups excluding tert-OH is 2. The standard InChI is InChI=1S/C17H22F3N5O4/c1-7-11(26)12(27)15(28-7)25-6-22-10-13(21)23-16(24-14(10)25)29-9-4-2-8(3-5-9)17(18,19)20/h6-9,11-12,15,26-27H,2-5H2,1H3,(H2,21,23,24)/t7-,8?,9?,11-,12-,15-/m1/s1. The minimum Gasteiger partial charge on any atom is -0.460 e. The van der Waals surface area contributed by atoms with E-state index in [1.807, 2.05) is 0 Å². The third kappa shape index (κ3) is 3.71. The predicted molar refractivity (Wildman–Crippen MR) is 93.8 cm³/mol. The van der Waals surface area contributed by atoms with Gasteiger partial charge in [-0.15, -0.1) is 0 Å². The molecule has 1 saturated heterocycles. The zero-order chi connectivity index (χ0) is 20.9. The molecule has 0 radical (unpaired) electrons. The van der Waals surface area contributed by atoms with Gasteiger partial charge in [0, 0.05) is 0 Å². The largest absolute Gasteiger partial charge is 0.460 e. The van der Waals surface area contributed by atoms with Crippen molar-refractivity contribution in [3.63, 3.8) is 0 Å². The lowest BCUT2D eigenvalue weighted by Crippen LogP contribution is -2.32. The molecule has 2 fully saturated rings. The average Bonchev–Trinajstić information content (AvgIpc) is 3.18. The van der Waals surface area contributed by atoms with Crippen LogP contribution in [0.15, 0.2) is 6.33 Å². The third-order valence-corrected chi connectivity index (χ3v) is 5.59. The number of nitrogens with zero attached hydrogens (tertiary/aromatic N) is 4. The highest BCUT2D eigenvalue weighted by atomic mass is 19.4. The number of hydrogen-bond acceptors (Lipinski definition) is 8. The van der Waals surface area contributed by atoms with E-state index in [9.17, 15) is 23.4 Å². The molecule has 1 aliphatic carbocycles. The van der Waals surface area contributed by atoms with E-state index < -0.39 is 42.7 Å². The molecule has 1 saturated carbocycles. The number of alkyl halides is 3. The fourth-order valence-corrected chi connectivity index (χ4v) is 3.87. The fraction of sp³-hybridized carbons (Fsp3) is 0.706. The molecule has 9 nitrogen and oxygen atoms in total. The number of rotatable bonds is 3. The molecule has 4 N–H and O–H groups in total. The summed E-state index contributed by atoms with van der Waals surface area (Å²) in [6.07, 6.45) is -6.61. The van der Waals surface area contributed by atoms with Crippen LogP contribution in [0.2, 0.25) is 0 Å². The van der Waals surface area contributed by atoms with E-state index in [1.54, 1.807) is 6.92 Å². The summed E-state index contributed by atoms with van der Waals surface area (Å²) in [4.78, 5) is 12.5. The normalized spacial score (nSPS) is 33.3. The van der Waals surface area contributed by atoms with Gasteiger partial charge in [-0.2, -0.15) is 23.1 Å². The first-order chi connectivity index (χ1) is 13.6. The maximum Gasteiger partial charge on any atom is 0.391 e. The van der Waals surface area contributed by atoms with Gasteiger partial charge in [-0.1, -0.05) is 0 Å². The summed E-state index contributed by atoms with van der Waals surface area (Å²) in [5.41, 5.74) is 6.44. The summed E-state index contributed by atoms with van der Waals surface area (Å²) < 4.78 is 51.2.